The summed E-state index contributed by atoms with van der Waals surface area (Å²) in [6.45, 7) is 3.88. The van der Waals surface area contributed by atoms with Crippen LogP contribution in [0.3, 0.4) is 0 Å². The van der Waals surface area contributed by atoms with Gasteiger partial charge in [0.05, 0.1) is 0 Å². The first-order valence-corrected chi connectivity index (χ1v) is 4.76. The molecule has 0 radical (unpaired) electrons. The number of nitrogens with two attached hydrogens (primary N) is 1. The number of hydrazine groups is 1. The standard InChI is InChI=1S/C10H18N4/c1-9(13-11)7-14(2)8-10-4-3-5-12-6-10/h3-6,9,13H,7-8,11H2,1-2H3. The number of aromatic nitrogens is 1. The molecule has 3 N–H and O–H groups in total. The molecule has 0 fully saturated rings. The van der Waals surface area contributed by atoms with Crippen molar-refractivity contribution in [3.8, 4) is 0 Å². The van der Waals surface area contributed by atoms with Crippen LogP contribution in [0, 0.1) is 0 Å². The Balaban J connectivity index is 2.37. The number of hydrogen-bond acceptors (Lipinski definition) is 4. The van der Waals surface area contributed by atoms with Gasteiger partial charge in [0.2, 0.25) is 0 Å². The molecule has 0 aliphatic carbocycles. The van der Waals surface area contributed by atoms with Crippen LogP contribution >= 0.6 is 0 Å². The number of nitrogens with zero attached hydrogens (tertiary/aromatic N) is 2. The van der Waals surface area contributed by atoms with Gasteiger partial charge in [-0.05, 0) is 25.6 Å². The molecule has 0 aromatic carbocycles. The molecular formula is C10H18N4. The summed E-state index contributed by atoms with van der Waals surface area (Å²) in [5, 5.41) is 0. The van der Waals surface area contributed by atoms with Crippen LogP contribution < -0.4 is 11.3 Å². The number of hydrogen-bond donors (Lipinski definition) is 2. The maximum Gasteiger partial charge on any atom is 0.0312 e. The van der Waals surface area contributed by atoms with E-state index in [9.17, 15) is 0 Å². The fraction of sp³-hybridized carbons (Fsp3) is 0.500. The summed E-state index contributed by atoms with van der Waals surface area (Å²) in [4.78, 5) is 6.28. The molecule has 4 nitrogen and oxygen atoms in total. The van der Waals surface area contributed by atoms with E-state index in [1.54, 1.807) is 6.20 Å². The summed E-state index contributed by atoms with van der Waals surface area (Å²) < 4.78 is 0. The van der Waals surface area contributed by atoms with Gasteiger partial charge in [0, 0.05) is 31.5 Å². The summed E-state index contributed by atoms with van der Waals surface area (Å²) in [6, 6.07) is 4.33. The smallest absolute Gasteiger partial charge is 0.0312 e. The molecular weight excluding hydrogens is 176 g/mol. The average molecular weight is 194 g/mol. The fourth-order valence-corrected chi connectivity index (χ4v) is 1.39. The highest BCUT2D eigenvalue weighted by atomic mass is 15.3. The van der Waals surface area contributed by atoms with E-state index in [4.69, 9.17) is 5.84 Å². The average Bonchev–Trinajstić information content (AvgIpc) is 2.19. The van der Waals surface area contributed by atoms with E-state index >= 15 is 0 Å². The van der Waals surface area contributed by atoms with E-state index in [1.807, 2.05) is 12.3 Å². The predicted molar refractivity (Wildman–Crippen MR) is 57.4 cm³/mol. The highest BCUT2D eigenvalue weighted by Gasteiger charge is 2.04. The Bertz CT molecular complexity index is 250. The van der Waals surface area contributed by atoms with Gasteiger partial charge in [-0.15, -0.1) is 0 Å². The van der Waals surface area contributed by atoms with Gasteiger partial charge in [-0.1, -0.05) is 6.07 Å². The second kappa shape index (κ2) is 5.70. The first-order valence-electron chi connectivity index (χ1n) is 4.76. The largest absolute Gasteiger partial charge is 0.300 e. The first-order chi connectivity index (χ1) is 6.72. The maximum absolute atomic E-state index is 5.32. The van der Waals surface area contributed by atoms with Crippen LogP contribution in [0.5, 0.6) is 0 Å². The lowest BCUT2D eigenvalue weighted by molar-refractivity contribution is 0.290. The van der Waals surface area contributed by atoms with Crippen LogP contribution in [0.4, 0.5) is 0 Å². The quantitative estimate of drug-likeness (QED) is 0.525. The zero-order valence-electron chi connectivity index (χ0n) is 8.77. The summed E-state index contributed by atoms with van der Waals surface area (Å²) in [5.41, 5.74) is 3.95. The van der Waals surface area contributed by atoms with Gasteiger partial charge >= 0.3 is 0 Å². The van der Waals surface area contributed by atoms with Crippen molar-refractivity contribution in [3.05, 3.63) is 30.1 Å². The highest BCUT2D eigenvalue weighted by Crippen LogP contribution is 2.00. The number of rotatable bonds is 5. The van der Waals surface area contributed by atoms with Crippen molar-refractivity contribution in [2.75, 3.05) is 13.6 Å². The van der Waals surface area contributed by atoms with Crippen LogP contribution in [0.25, 0.3) is 0 Å². The van der Waals surface area contributed by atoms with Gasteiger partial charge in [-0.3, -0.25) is 16.3 Å². The first kappa shape index (κ1) is 11.1. The maximum atomic E-state index is 5.32. The van der Waals surface area contributed by atoms with E-state index in [0.717, 1.165) is 13.1 Å². The van der Waals surface area contributed by atoms with Crippen LogP contribution in [-0.2, 0) is 6.54 Å². The van der Waals surface area contributed by atoms with E-state index in [2.05, 4.69) is 35.3 Å². The molecule has 1 aromatic rings. The Kier molecular flexibility index (Phi) is 4.52. The summed E-state index contributed by atoms with van der Waals surface area (Å²) >= 11 is 0. The van der Waals surface area contributed by atoms with Crippen LogP contribution in [0.15, 0.2) is 24.5 Å². The minimum Gasteiger partial charge on any atom is -0.300 e. The molecule has 1 heterocycles. The molecule has 0 amide bonds. The Hall–Kier alpha value is -0.970. The predicted octanol–water partition coefficient (Wildman–Crippen LogP) is 0.365. The van der Waals surface area contributed by atoms with Crippen LogP contribution in [-0.4, -0.2) is 29.5 Å². The third kappa shape index (κ3) is 3.83. The van der Waals surface area contributed by atoms with Gasteiger partial charge < -0.3 is 4.90 Å². The molecule has 1 aromatic heterocycles. The van der Waals surface area contributed by atoms with Crippen molar-refractivity contribution in [3.63, 3.8) is 0 Å². The van der Waals surface area contributed by atoms with E-state index in [1.165, 1.54) is 5.56 Å². The van der Waals surface area contributed by atoms with Gasteiger partial charge in [0.15, 0.2) is 0 Å². The summed E-state index contributed by atoms with van der Waals surface area (Å²) in [5.74, 6) is 5.32. The Morgan fingerprint density at radius 2 is 2.43 bits per heavy atom. The Labute approximate surface area is 85.1 Å². The zero-order chi connectivity index (χ0) is 10.4. The Morgan fingerprint density at radius 3 is 3.00 bits per heavy atom. The molecule has 0 aliphatic rings. The second-order valence-electron chi connectivity index (χ2n) is 3.63. The summed E-state index contributed by atoms with van der Waals surface area (Å²) in [6.07, 6.45) is 3.67. The van der Waals surface area contributed by atoms with E-state index < -0.39 is 0 Å². The zero-order valence-corrected chi connectivity index (χ0v) is 8.77. The van der Waals surface area contributed by atoms with Crippen molar-refractivity contribution in [2.24, 2.45) is 5.84 Å². The fourth-order valence-electron chi connectivity index (χ4n) is 1.39. The van der Waals surface area contributed by atoms with Crippen molar-refractivity contribution in [2.45, 2.75) is 19.5 Å². The van der Waals surface area contributed by atoms with Crippen molar-refractivity contribution in [1.82, 2.24) is 15.3 Å². The third-order valence-electron chi connectivity index (χ3n) is 2.05. The molecule has 0 saturated carbocycles. The number of pyridine rings is 1. The normalized spacial score (nSPS) is 13.1. The molecule has 1 unspecified atom stereocenters. The van der Waals surface area contributed by atoms with E-state index in [-0.39, 0.29) is 0 Å². The minimum atomic E-state index is 0.302. The van der Waals surface area contributed by atoms with Gasteiger partial charge in [-0.2, -0.15) is 0 Å². The van der Waals surface area contributed by atoms with Gasteiger partial charge in [-0.25, -0.2) is 0 Å². The van der Waals surface area contributed by atoms with Crippen molar-refractivity contribution < 1.29 is 0 Å². The third-order valence-corrected chi connectivity index (χ3v) is 2.05. The molecule has 4 heteroatoms. The Morgan fingerprint density at radius 1 is 1.64 bits per heavy atom. The van der Waals surface area contributed by atoms with Crippen LogP contribution in [0.1, 0.15) is 12.5 Å². The molecule has 78 valence electrons. The highest BCUT2D eigenvalue weighted by molar-refractivity contribution is 5.07. The lowest BCUT2D eigenvalue weighted by Gasteiger charge is -2.20. The minimum absolute atomic E-state index is 0.302. The second-order valence-corrected chi connectivity index (χ2v) is 3.63. The van der Waals surface area contributed by atoms with Gasteiger partial charge in [0.25, 0.3) is 0 Å². The van der Waals surface area contributed by atoms with Crippen LogP contribution in [0.2, 0.25) is 0 Å². The molecule has 0 bridgehead atoms. The molecule has 0 spiro atoms. The molecule has 0 aliphatic heterocycles. The van der Waals surface area contributed by atoms with E-state index in [0.29, 0.717) is 6.04 Å². The lowest BCUT2D eigenvalue weighted by Crippen LogP contribution is -2.40. The van der Waals surface area contributed by atoms with Gasteiger partial charge in [0.1, 0.15) is 0 Å². The number of nitrogens with one attached hydrogen (secondary N) is 1. The lowest BCUT2D eigenvalue weighted by atomic mass is 10.2. The van der Waals surface area contributed by atoms with Crippen molar-refractivity contribution in [1.29, 1.82) is 0 Å². The SMILES string of the molecule is CC(CN(C)Cc1cccnc1)NN. The number of likely N-dealkylation sites (N-methyl/N-ethyl adjacent to an activating group) is 1. The summed E-state index contributed by atoms with van der Waals surface area (Å²) in [7, 11) is 2.07. The molecule has 14 heavy (non-hydrogen) atoms. The monoisotopic (exact) mass is 194 g/mol. The molecule has 0 saturated heterocycles. The molecule has 1 rings (SSSR count). The topological polar surface area (TPSA) is 54.2 Å². The van der Waals surface area contributed by atoms with Crippen molar-refractivity contribution >= 4 is 0 Å². The molecule has 1 atom stereocenters.